The van der Waals surface area contributed by atoms with Crippen LogP contribution < -0.4 is 4.74 Å². The summed E-state index contributed by atoms with van der Waals surface area (Å²) in [6, 6.07) is 7.97. The van der Waals surface area contributed by atoms with Crippen LogP contribution in [0.4, 0.5) is 0 Å². The van der Waals surface area contributed by atoms with Crippen molar-refractivity contribution in [2.45, 2.75) is 44.3 Å². The van der Waals surface area contributed by atoms with Crippen molar-refractivity contribution in [3.63, 3.8) is 0 Å². The highest BCUT2D eigenvalue weighted by Crippen LogP contribution is 2.48. The molecule has 2 aliphatic heterocycles. The van der Waals surface area contributed by atoms with Crippen LogP contribution in [-0.4, -0.2) is 43.0 Å². The Balaban J connectivity index is 1.94. The molecule has 134 valence electrons. The Morgan fingerprint density at radius 1 is 1.40 bits per heavy atom. The largest absolute Gasteiger partial charge is 0.497 e. The first-order chi connectivity index (χ1) is 12.1. The van der Waals surface area contributed by atoms with Crippen molar-refractivity contribution in [3.05, 3.63) is 42.5 Å². The van der Waals surface area contributed by atoms with Crippen LogP contribution in [0.2, 0.25) is 0 Å². The molecule has 0 amide bonds. The van der Waals surface area contributed by atoms with Gasteiger partial charge in [-0.1, -0.05) is 18.2 Å². The molecule has 3 atom stereocenters. The van der Waals surface area contributed by atoms with Crippen molar-refractivity contribution >= 4 is 11.8 Å². The van der Waals surface area contributed by atoms with Crippen molar-refractivity contribution in [1.29, 1.82) is 0 Å². The second kappa shape index (κ2) is 7.00. The molecule has 0 aromatic heterocycles. The predicted molar refractivity (Wildman–Crippen MR) is 94.2 cm³/mol. The van der Waals surface area contributed by atoms with Gasteiger partial charge in [0.05, 0.1) is 14.2 Å². The topological polar surface area (TPSA) is 55.8 Å². The van der Waals surface area contributed by atoms with E-state index in [1.54, 1.807) is 13.2 Å². The van der Waals surface area contributed by atoms with Crippen molar-refractivity contribution in [2.24, 2.45) is 5.41 Å². The van der Waals surface area contributed by atoms with Crippen LogP contribution in [0.5, 0.6) is 5.75 Å². The number of nitrogens with zero attached hydrogens (tertiary/aromatic N) is 1. The lowest BCUT2D eigenvalue weighted by Gasteiger charge is -2.45. The van der Waals surface area contributed by atoms with E-state index in [2.05, 4.69) is 11.5 Å². The average Bonchev–Trinajstić information content (AvgIpc) is 2.94. The molecule has 0 aliphatic carbocycles. The summed E-state index contributed by atoms with van der Waals surface area (Å²) in [5.74, 6) is 0.371. The highest BCUT2D eigenvalue weighted by atomic mass is 16.5. The lowest BCUT2D eigenvalue weighted by atomic mass is 9.70. The second-order valence-corrected chi connectivity index (χ2v) is 6.85. The first kappa shape index (κ1) is 17.7. The van der Waals surface area contributed by atoms with Crippen LogP contribution in [0, 0.1) is 5.41 Å². The van der Waals surface area contributed by atoms with Gasteiger partial charge in [0.1, 0.15) is 11.2 Å². The summed E-state index contributed by atoms with van der Waals surface area (Å²) >= 11 is 0. The molecule has 5 nitrogen and oxygen atoms in total. The third-order valence-electron chi connectivity index (χ3n) is 5.65. The highest BCUT2D eigenvalue weighted by molar-refractivity contribution is 6.06. The SMILES string of the molecule is C=CC[C@]1(C(=O)OC)C(=O)C[C@@H]2CC[C@H]1N2Cc1cccc(OC)c1. The van der Waals surface area contributed by atoms with Gasteiger partial charge in [0.15, 0.2) is 5.78 Å². The van der Waals surface area contributed by atoms with Crippen LogP contribution in [0.3, 0.4) is 0 Å². The Labute approximate surface area is 148 Å². The summed E-state index contributed by atoms with van der Waals surface area (Å²) in [5, 5.41) is 0. The van der Waals surface area contributed by atoms with Crippen LogP contribution in [0.25, 0.3) is 0 Å². The number of carbonyl (C=O) groups excluding carboxylic acids is 2. The molecule has 2 aliphatic rings. The highest BCUT2D eigenvalue weighted by Gasteiger charge is 2.60. The maximum absolute atomic E-state index is 12.9. The molecular formula is C20H25NO4. The average molecular weight is 343 g/mol. The second-order valence-electron chi connectivity index (χ2n) is 6.85. The molecule has 0 unspecified atom stereocenters. The number of hydrogen-bond donors (Lipinski definition) is 0. The predicted octanol–water partition coefficient (Wildman–Crippen LogP) is 2.74. The zero-order valence-electron chi connectivity index (χ0n) is 14.9. The number of ether oxygens (including phenoxy) is 2. The molecule has 1 aromatic carbocycles. The molecule has 3 rings (SSSR count). The number of allylic oxidation sites excluding steroid dienone is 1. The van der Waals surface area contributed by atoms with Crippen molar-refractivity contribution in [3.8, 4) is 5.75 Å². The van der Waals surface area contributed by atoms with E-state index >= 15 is 0 Å². The Kier molecular flexibility index (Phi) is 4.95. The van der Waals surface area contributed by atoms with E-state index in [4.69, 9.17) is 9.47 Å². The minimum Gasteiger partial charge on any atom is -0.497 e. The molecule has 2 saturated heterocycles. The van der Waals surface area contributed by atoms with Gasteiger partial charge in [0, 0.05) is 25.0 Å². The molecule has 0 radical (unpaired) electrons. The van der Waals surface area contributed by atoms with Gasteiger partial charge in [0.2, 0.25) is 0 Å². The minimum absolute atomic E-state index is 0.00589. The van der Waals surface area contributed by atoms with Gasteiger partial charge >= 0.3 is 5.97 Å². The number of piperidine rings is 1. The Morgan fingerprint density at radius 2 is 2.20 bits per heavy atom. The summed E-state index contributed by atoms with van der Waals surface area (Å²) in [4.78, 5) is 27.8. The van der Waals surface area contributed by atoms with Gasteiger partial charge in [-0.05, 0) is 37.0 Å². The first-order valence-corrected chi connectivity index (χ1v) is 8.68. The molecule has 25 heavy (non-hydrogen) atoms. The Bertz CT molecular complexity index is 686. The number of esters is 1. The third kappa shape index (κ3) is 2.86. The Morgan fingerprint density at radius 3 is 2.88 bits per heavy atom. The van der Waals surface area contributed by atoms with E-state index < -0.39 is 11.4 Å². The van der Waals surface area contributed by atoms with Crippen LogP contribution in [0.15, 0.2) is 36.9 Å². The minimum atomic E-state index is -1.12. The number of hydrogen-bond acceptors (Lipinski definition) is 5. The van der Waals surface area contributed by atoms with Gasteiger partial charge in [-0.2, -0.15) is 0 Å². The number of fused-ring (bicyclic) bond motifs is 2. The summed E-state index contributed by atoms with van der Waals surface area (Å²) in [7, 11) is 3.00. The van der Waals surface area contributed by atoms with E-state index in [-0.39, 0.29) is 17.9 Å². The van der Waals surface area contributed by atoms with Gasteiger partial charge < -0.3 is 9.47 Å². The van der Waals surface area contributed by atoms with E-state index in [0.29, 0.717) is 19.4 Å². The summed E-state index contributed by atoms with van der Waals surface area (Å²) in [6.45, 7) is 4.46. The van der Waals surface area contributed by atoms with Crippen LogP contribution >= 0.6 is 0 Å². The van der Waals surface area contributed by atoms with Crippen LogP contribution in [-0.2, 0) is 20.9 Å². The van der Waals surface area contributed by atoms with E-state index in [1.165, 1.54) is 7.11 Å². The summed E-state index contributed by atoms with van der Waals surface area (Å²) in [5.41, 5.74) is -0.00879. The van der Waals surface area contributed by atoms with E-state index in [1.807, 2.05) is 24.3 Å². The lowest BCUT2D eigenvalue weighted by molar-refractivity contribution is -0.166. The maximum atomic E-state index is 12.9. The van der Waals surface area contributed by atoms with E-state index in [9.17, 15) is 9.59 Å². The zero-order valence-corrected chi connectivity index (χ0v) is 14.9. The van der Waals surface area contributed by atoms with Gasteiger partial charge in [-0.3, -0.25) is 14.5 Å². The van der Waals surface area contributed by atoms with E-state index in [0.717, 1.165) is 24.2 Å². The number of Topliss-reactive ketones (excluding diaryl/α,β-unsaturated/α-hetero) is 1. The zero-order chi connectivity index (χ0) is 18.0. The molecule has 1 aromatic rings. The molecular weight excluding hydrogens is 318 g/mol. The number of benzene rings is 1. The fourth-order valence-corrected chi connectivity index (χ4v) is 4.48. The number of carbonyl (C=O) groups is 2. The van der Waals surface area contributed by atoms with Crippen molar-refractivity contribution < 1.29 is 19.1 Å². The molecule has 0 saturated carbocycles. The van der Waals surface area contributed by atoms with Crippen molar-refractivity contribution in [2.75, 3.05) is 14.2 Å². The smallest absolute Gasteiger partial charge is 0.321 e. The summed E-state index contributed by atoms with van der Waals surface area (Å²) < 4.78 is 10.4. The van der Waals surface area contributed by atoms with Crippen LogP contribution in [0.1, 0.15) is 31.2 Å². The third-order valence-corrected chi connectivity index (χ3v) is 5.65. The molecule has 2 heterocycles. The molecule has 2 bridgehead atoms. The molecule has 2 fully saturated rings. The lowest BCUT2D eigenvalue weighted by Crippen LogP contribution is -2.60. The molecule has 5 heteroatoms. The Hall–Kier alpha value is -2.14. The quantitative estimate of drug-likeness (QED) is 0.452. The molecule has 0 spiro atoms. The number of methoxy groups -OCH3 is 2. The van der Waals surface area contributed by atoms with Crippen molar-refractivity contribution in [1.82, 2.24) is 4.90 Å². The number of rotatable bonds is 6. The van der Waals surface area contributed by atoms with Gasteiger partial charge in [0.25, 0.3) is 0 Å². The maximum Gasteiger partial charge on any atom is 0.321 e. The van der Waals surface area contributed by atoms with Gasteiger partial charge in [-0.25, -0.2) is 0 Å². The monoisotopic (exact) mass is 343 g/mol. The number of ketones is 1. The standard InChI is InChI=1S/C20H25NO4/c1-4-10-20(19(23)25-3)17-9-8-15(12-18(20)22)21(17)13-14-6-5-7-16(11-14)24-2/h4-7,11,15,17H,1,8-10,12-13H2,2-3H3/t15-,17+,20+/m0/s1. The fourth-order valence-electron chi connectivity index (χ4n) is 4.48. The molecule has 0 N–H and O–H groups in total. The fraction of sp³-hybridized carbons (Fsp3) is 0.500. The first-order valence-electron chi connectivity index (χ1n) is 8.68. The summed E-state index contributed by atoms with van der Waals surface area (Å²) in [6.07, 6.45) is 4.13. The normalized spacial score (nSPS) is 28.6. The van der Waals surface area contributed by atoms with Gasteiger partial charge in [-0.15, -0.1) is 6.58 Å².